The van der Waals surface area contributed by atoms with Crippen LogP contribution in [0.25, 0.3) is 0 Å². The molecule has 0 amide bonds. The lowest BCUT2D eigenvalue weighted by Gasteiger charge is -2.11. The Morgan fingerprint density at radius 1 is 1.12 bits per heavy atom. The van der Waals surface area contributed by atoms with Gasteiger partial charge in [-0.25, -0.2) is 8.42 Å². The highest BCUT2D eigenvalue weighted by Crippen LogP contribution is 2.26. The predicted molar refractivity (Wildman–Crippen MR) is 94.9 cm³/mol. The van der Waals surface area contributed by atoms with Crippen LogP contribution in [-0.2, 0) is 16.3 Å². The second-order valence-corrected chi connectivity index (χ2v) is 8.02. The first-order valence-electron chi connectivity index (χ1n) is 6.84. The predicted octanol–water partition coefficient (Wildman–Crippen LogP) is 3.96. The zero-order valence-electron chi connectivity index (χ0n) is 12.6. The molecule has 2 aromatic carbocycles. The van der Waals surface area contributed by atoms with Gasteiger partial charge >= 0.3 is 0 Å². The lowest BCUT2D eigenvalue weighted by Crippen LogP contribution is -2.10. The van der Waals surface area contributed by atoms with Crippen LogP contribution in [0.15, 0.2) is 41.3 Å². The quantitative estimate of drug-likeness (QED) is 0.597. The SMILES string of the molecule is CS(=O)(=O)c1cc([N+](=O)[O-])ccc1NCCc1cc(Cl)cc(Cl)c1. The number of nitro benzene ring substituents is 1. The summed E-state index contributed by atoms with van der Waals surface area (Å²) in [6.07, 6.45) is 1.56. The third-order valence-corrected chi connectivity index (χ3v) is 4.80. The van der Waals surface area contributed by atoms with Gasteiger partial charge in [-0.15, -0.1) is 0 Å². The topological polar surface area (TPSA) is 89.3 Å². The molecule has 0 aliphatic carbocycles. The summed E-state index contributed by atoms with van der Waals surface area (Å²) in [5.41, 5.74) is 0.932. The van der Waals surface area contributed by atoms with Crippen LogP contribution in [-0.4, -0.2) is 26.1 Å². The largest absolute Gasteiger partial charge is 0.384 e. The molecule has 0 atom stereocenters. The van der Waals surface area contributed by atoms with E-state index in [1.165, 1.54) is 12.1 Å². The summed E-state index contributed by atoms with van der Waals surface area (Å²) in [5, 5.41) is 14.8. The van der Waals surface area contributed by atoms with Crippen molar-refractivity contribution < 1.29 is 13.3 Å². The third kappa shape index (κ3) is 4.83. The maximum absolute atomic E-state index is 11.9. The molecule has 2 aromatic rings. The number of nitro groups is 1. The van der Waals surface area contributed by atoms with Crippen molar-refractivity contribution in [2.24, 2.45) is 0 Å². The zero-order chi connectivity index (χ0) is 17.9. The molecule has 0 aliphatic rings. The minimum Gasteiger partial charge on any atom is -0.384 e. The number of rotatable bonds is 6. The fourth-order valence-electron chi connectivity index (χ4n) is 2.17. The molecule has 0 saturated carbocycles. The van der Waals surface area contributed by atoms with Gasteiger partial charge in [0.2, 0.25) is 0 Å². The highest BCUT2D eigenvalue weighted by molar-refractivity contribution is 7.90. The standard InChI is InChI=1S/C15H14Cl2N2O4S/c1-24(22,23)15-9-13(19(20)21)2-3-14(15)18-5-4-10-6-11(16)8-12(17)7-10/h2-3,6-9,18H,4-5H2,1H3. The van der Waals surface area contributed by atoms with E-state index in [-0.39, 0.29) is 10.6 Å². The second-order valence-electron chi connectivity index (χ2n) is 5.16. The summed E-state index contributed by atoms with van der Waals surface area (Å²) in [7, 11) is -3.61. The molecule has 128 valence electrons. The molecule has 0 fully saturated rings. The number of benzene rings is 2. The van der Waals surface area contributed by atoms with Crippen molar-refractivity contribution in [1.82, 2.24) is 0 Å². The Morgan fingerprint density at radius 2 is 1.75 bits per heavy atom. The van der Waals surface area contributed by atoms with E-state index in [0.29, 0.717) is 28.7 Å². The van der Waals surface area contributed by atoms with Gasteiger partial charge in [-0.3, -0.25) is 10.1 Å². The third-order valence-electron chi connectivity index (χ3n) is 3.23. The molecule has 2 rings (SSSR count). The van der Waals surface area contributed by atoms with Crippen LogP contribution < -0.4 is 5.32 Å². The van der Waals surface area contributed by atoms with Gasteiger partial charge < -0.3 is 5.32 Å². The van der Waals surface area contributed by atoms with Crippen LogP contribution in [0.1, 0.15) is 5.56 Å². The van der Waals surface area contributed by atoms with Crippen molar-refractivity contribution in [3.63, 3.8) is 0 Å². The molecule has 0 saturated heterocycles. The number of non-ortho nitro benzene ring substituents is 1. The number of nitrogens with one attached hydrogen (secondary N) is 1. The number of halogens is 2. The fourth-order valence-corrected chi connectivity index (χ4v) is 3.62. The van der Waals surface area contributed by atoms with Gasteiger partial charge in [0.1, 0.15) is 0 Å². The number of anilines is 1. The highest BCUT2D eigenvalue weighted by atomic mass is 35.5. The monoisotopic (exact) mass is 388 g/mol. The molecule has 24 heavy (non-hydrogen) atoms. The van der Waals surface area contributed by atoms with Gasteiger partial charge in [-0.2, -0.15) is 0 Å². The molecule has 0 unspecified atom stereocenters. The second kappa shape index (κ2) is 7.38. The smallest absolute Gasteiger partial charge is 0.270 e. The van der Waals surface area contributed by atoms with Gasteiger partial charge in [-0.05, 0) is 36.2 Å². The average molecular weight is 389 g/mol. The van der Waals surface area contributed by atoms with Crippen molar-refractivity contribution >= 4 is 44.4 Å². The van der Waals surface area contributed by atoms with Crippen LogP contribution >= 0.6 is 23.2 Å². The molecule has 0 aliphatic heterocycles. The Labute approximate surface area is 149 Å². The van der Waals surface area contributed by atoms with Crippen molar-refractivity contribution in [3.05, 3.63) is 62.1 Å². The summed E-state index contributed by atoms with van der Waals surface area (Å²) in [6.45, 7) is 0.414. The van der Waals surface area contributed by atoms with E-state index in [4.69, 9.17) is 23.2 Å². The molecule has 0 aromatic heterocycles. The average Bonchev–Trinajstić information content (AvgIpc) is 2.45. The first-order valence-corrected chi connectivity index (χ1v) is 9.49. The summed E-state index contributed by atoms with van der Waals surface area (Å²) < 4.78 is 23.7. The molecule has 6 nitrogen and oxygen atoms in total. The fraction of sp³-hybridized carbons (Fsp3) is 0.200. The Bertz CT molecular complexity index is 865. The molecule has 0 heterocycles. The minimum atomic E-state index is -3.61. The first-order chi connectivity index (χ1) is 11.2. The lowest BCUT2D eigenvalue weighted by molar-refractivity contribution is -0.385. The molecular weight excluding hydrogens is 375 g/mol. The van der Waals surface area contributed by atoms with E-state index in [9.17, 15) is 18.5 Å². The number of hydrogen-bond acceptors (Lipinski definition) is 5. The number of nitrogens with zero attached hydrogens (tertiary/aromatic N) is 1. The normalized spacial score (nSPS) is 11.3. The van der Waals surface area contributed by atoms with E-state index >= 15 is 0 Å². The summed E-state index contributed by atoms with van der Waals surface area (Å²) in [5.74, 6) is 0. The van der Waals surface area contributed by atoms with E-state index in [1.54, 1.807) is 18.2 Å². The summed E-state index contributed by atoms with van der Waals surface area (Å²) in [6, 6.07) is 8.85. The van der Waals surface area contributed by atoms with Gasteiger partial charge in [-0.1, -0.05) is 23.2 Å². The van der Waals surface area contributed by atoms with E-state index in [1.807, 2.05) is 0 Å². The Morgan fingerprint density at radius 3 is 2.29 bits per heavy atom. The van der Waals surface area contributed by atoms with Gasteiger partial charge in [0.05, 0.1) is 15.5 Å². The molecule has 1 N–H and O–H groups in total. The van der Waals surface area contributed by atoms with Crippen molar-refractivity contribution in [2.75, 3.05) is 18.1 Å². The van der Waals surface area contributed by atoms with Crippen molar-refractivity contribution in [1.29, 1.82) is 0 Å². The zero-order valence-corrected chi connectivity index (χ0v) is 15.0. The van der Waals surface area contributed by atoms with Gasteiger partial charge in [0, 0.05) is 35.0 Å². The van der Waals surface area contributed by atoms with Crippen LogP contribution in [0, 0.1) is 10.1 Å². The molecule has 0 spiro atoms. The minimum absolute atomic E-state index is 0.110. The van der Waals surface area contributed by atoms with Crippen LogP contribution in [0.4, 0.5) is 11.4 Å². The Kier molecular flexibility index (Phi) is 5.69. The van der Waals surface area contributed by atoms with Gasteiger partial charge in [0.25, 0.3) is 5.69 Å². The maximum Gasteiger partial charge on any atom is 0.270 e. The van der Waals surface area contributed by atoms with E-state index < -0.39 is 14.8 Å². The van der Waals surface area contributed by atoms with E-state index in [2.05, 4.69) is 5.32 Å². The first kappa shape index (κ1) is 18.5. The molecule has 0 radical (unpaired) electrons. The lowest BCUT2D eigenvalue weighted by atomic mass is 10.1. The van der Waals surface area contributed by atoms with Crippen LogP contribution in [0.5, 0.6) is 0 Å². The Hall–Kier alpha value is -1.83. The van der Waals surface area contributed by atoms with Crippen LogP contribution in [0.3, 0.4) is 0 Å². The van der Waals surface area contributed by atoms with Crippen molar-refractivity contribution in [2.45, 2.75) is 11.3 Å². The summed E-state index contributed by atoms with van der Waals surface area (Å²) >= 11 is 11.9. The Balaban J connectivity index is 2.19. The molecule has 9 heteroatoms. The van der Waals surface area contributed by atoms with E-state index in [0.717, 1.165) is 17.9 Å². The van der Waals surface area contributed by atoms with Crippen molar-refractivity contribution in [3.8, 4) is 0 Å². The van der Waals surface area contributed by atoms with Crippen LogP contribution in [0.2, 0.25) is 10.0 Å². The maximum atomic E-state index is 11.9. The molecular formula is C15H14Cl2N2O4S. The molecule has 0 bridgehead atoms. The highest BCUT2D eigenvalue weighted by Gasteiger charge is 2.18. The number of sulfone groups is 1. The number of hydrogen-bond donors (Lipinski definition) is 1. The van der Waals surface area contributed by atoms with Gasteiger partial charge in [0.15, 0.2) is 9.84 Å². The summed E-state index contributed by atoms with van der Waals surface area (Å²) in [4.78, 5) is 10.1.